The van der Waals surface area contributed by atoms with Crippen molar-refractivity contribution in [3.05, 3.63) is 34.1 Å². The predicted molar refractivity (Wildman–Crippen MR) is 88.0 cm³/mol. The molecule has 1 rings (SSSR count). The van der Waals surface area contributed by atoms with Crippen molar-refractivity contribution < 1.29 is 50.6 Å². The summed E-state index contributed by atoms with van der Waals surface area (Å²) in [6.07, 6.45) is 0. The van der Waals surface area contributed by atoms with Crippen LogP contribution in [0.1, 0.15) is 0 Å². The zero-order chi connectivity index (χ0) is 19.2. The third kappa shape index (κ3) is 9.61. The van der Waals surface area contributed by atoms with Crippen molar-refractivity contribution in [2.75, 3.05) is 41.3 Å². The van der Waals surface area contributed by atoms with Crippen LogP contribution >= 0.6 is 0 Å². The van der Waals surface area contributed by atoms with E-state index in [0.29, 0.717) is 0 Å². The molecule has 0 aromatic heterocycles. The number of hydrogen-bond donors (Lipinski definition) is 2. The maximum Gasteiger partial charge on any atom is 1.00 e. The summed E-state index contributed by atoms with van der Waals surface area (Å²) in [5, 5.41) is 0. The quantitative estimate of drug-likeness (QED) is 0.269. The number of likely N-dealkylation sites (N-methyl/N-ethyl adjacent to an activating group) is 2. The Bertz CT molecular complexity index is 514. The molecule has 0 radical (unpaired) electrons. The van der Waals surface area contributed by atoms with Gasteiger partial charge in [-0.1, -0.05) is 25.3 Å². The van der Waals surface area contributed by atoms with E-state index in [-0.39, 0.29) is 18.9 Å². The molecule has 0 saturated carbocycles. The fourth-order valence-corrected chi connectivity index (χ4v) is 2.39. The van der Waals surface area contributed by atoms with Gasteiger partial charge < -0.3 is 14.8 Å². The number of rotatable bonds is 5. The van der Waals surface area contributed by atoms with Gasteiger partial charge >= 0.3 is 18.9 Å². The van der Waals surface area contributed by atoms with E-state index in [9.17, 15) is 22.0 Å². The molecule has 0 fully saturated rings. The van der Waals surface area contributed by atoms with E-state index in [1.54, 1.807) is 19.6 Å². The summed E-state index contributed by atoms with van der Waals surface area (Å²) in [5.41, 5.74) is -1.07. The smallest absolute Gasteiger partial charge is 0.682 e. The first-order chi connectivity index (χ1) is 10.8. The van der Waals surface area contributed by atoms with E-state index in [2.05, 4.69) is 33.2 Å². The van der Waals surface area contributed by atoms with E-state index in [1.165, 1.54) is 22.9 Å². The Kier molecular flexibility index (Phi) is 11.9. The van der Waals surface area contributed by atoms with Gasteiger partial charge in [-0.05, 0) is 8.24 Å². The van der Waals surface area contributed by atoms with Crippen LogP contribution in [0.3, 0.4) is 0 Å². The Labute approximate surface area is 159 Å². The molecule has 2 N–H and O–H groups in total. The maximum absolute atomic E-state index is 13.1. The average Bonchev–Trinajstić information content (AvgIpc) is 2.45. The molecule has 3 nitrogen and oxygen atoms in total. The summed E-state index contributed by atoms with van der Waals surface area (Å²) in [4.78, 5) is 6.66. The first-order valence-electron chi connectivity index (χ1n) is 7.60. The third-order valence-electron chi connectivity index (χ3n) is 2.76. The molecule has 0 aliphatic heterocycles. The molecular formula is C15H27F5LiN3Si+2. The largest absolute Gasteiger partial charge is 1.00 e. The molecule has 0 saturated heterocycles. The monoisotopic (exact) mass is 379 g/mol. The Balaban J connectivity index is 0. The van der Waals surface area contributed by atoms with Crippen molar-refractivity contribution in [2.24, 2.45) is 0 Å². The fourth-order valence-electron chi connectivity index (χ4n) is 1.53. The minimum atomic E-state index is -2.33. The molecule has 25 heavy (non-hydrogen) atoms. The maximum atomic E-state index is 13.1. The van der Waals surface area contributed by atoms with Crippen molar-refractivity contribution in [2.45, 2.75) is 19.6 Å². The van der Waals surface area contributed by atoms with Crippen molar-refractivity contribution in [1.82, 2.24) is 0 Å². The minimum Gasteiger partial charge on any atom is -0.682 e. The number of quaternary nitrogens is 2. The Morgan fingerprint density at radius 2 is 0.960 bits per heavy atom. The van der Waals surface area contributed by atoms with Gasteiger partial charge in [0.2, 0.25) is 0 Å². The van der Waals surface area contributed by atoms with E-state index >= 15 is 0 Å². The van der Waals surface area contributed by atoms with Crippen molar-refractivity contribution in [1.29, 1.82) is 0 Å². The number of nitrogens with zero attached hydrogens (tertiary/aromatic N) is 1. The Hall–Kier alpha value is -0.596. The second-order valence-corrected chi connectivity index (χ2v) is 11.7. The summed E-state index contributed by atoms with van der Waals surface area (Å²) in [5.74, 6) is -9.84. The van der Waals surface area contributed by atoms with Crippen molar-refractivity contribution in [3.8, 4) is 0 Å². The van der Waals surface area contributed by atoms with E-state index in [4.69, 9.17) is 0 Å². The zero-order valence-corrected chi connectivity index (χ0v) is 17.3. The molecule has 140 valence electrons. The summed E-state index contributed by atoms with van der Waals surface area (Å²) >= 11 is 0. The topological polar surface area (TPSA) is 23.0 Å². The number of nitrogens with one attached hydrogen (secondary N) is 2. The number of halogens is 5. The van der Waals surface area contributed by atoms with Crippen LogP contribution in [0.25, 0.3) is 4.98 Å². The van der Waals surface area contributed by atoms with E-state index in [1.807, 2.05) is 0 Å². The van der Waals surface area contributed by atoms with Gasteiger partial charge in [-0.3, -0.25) is 0 Å². The minimum absolute atomic E-state index is 0. The summed E-state index contributed by atoms with van der Waals surface area (Å²) in [6.45, 7) is 7.38. The van der Waals surface area contributed by atoms with Gasteiger partial charge in [0, 0.05) is 0 Å². The van der Waals surface area contributed by atoms with Crippen LogP contribution in [0, 0.1) is 29.1 Å². The van der Waals surface area contributed by atoms with Gasteiger partial charge in [-0.2, -0.15) is 0 Å². The second kappa shape index (κ2) is 11.2. The normalized spacial score (nSPS) is 11.1. The molecule has 0 heterocycles. The summed E-state index contributed by atoms with van der Waals surface area (Å²) in [6, 6.07) is 0. The van der Waals surface area contributed by atoms with Gasteiger partial charge in [-0.25, -0.2) is 22.0 Å². The standard InChI is InChI=1S/C9H9F5NSi.C6H16N2.Li/c1-16(2,3)15-9-7(13)5(11)4(10)6(12)8(9)14;1-7(2)5-6-8(3)4;/h1-3H3;5-6H2,1-4H3;/q-1;;+1/p+2. The third-order valence-corrected chi connectivity index (χ3v) is 3.65. The predicted octanol–water partition coefficient (Wildman–Crippen LogP) is -1.50. The first-order valence-corrected chi connectivity index (χ1v) is 11.0. The van der Waals surface area contributed by atoms with Crippen LogP contribution < -0.4 is 28.7 Å². The first kappa shape index (κ1) is 26.6. The van der Waals surface area contributed by atoms with Crippen LogP contribution in [0.2, 0.25) is 19.6 Å². The summed E-state index contributed by atoms with van der Waals surface area (Å²) < 4.78 is 64.5. The molecule has 0 spiro atoms. The molecule has 0 aliphatic rings. The molecule has 1 aromatic carbocycles. The molecule has 0 aliphatic carbocycles. The molecule has 10 heteroatoms. The molecule has 0 unspecified atom stereocenters. The van der Waals surface area contributed by atoms with Crippen LogP contribution in [0.5, 0.6) is 0 Å². The second-order valence-electron chi connectivity index (χ2n) is 7.12. The van der Waals surface area contributed by atoms with Gasteiger partial charge in [-0.15, -0.1) is 0 Å². The van der Waals surface area contributed by atoms with Gasteiger partial charge in [0.05, 0.1) is 28.2 Å². The van der Waals surface area contributed by atoms with Gasteiger partial charge in [0.25, 0.3) is 0 Å². The van der Waals surface area contributed by atoms with E-state index < -0.39 is 43.0 Å². The summed E-state index contributed by atoms with van der Waals surface area (Å²) in [7, 11) is 6.40. The van der Waals surface area contributed by atoms with Crippen LogP contribution in [-0.2, 0) is 0 Å². The molecular weight excluding hydrogens is 352 g/mol. The average molecular weight is 379 g/mol. The van der Waals surface area contributed by atoms with Crippen LogP contribution in [0.15, 0.2) is 0 Å². The Morgan fingerprint density at radius 3 is 1.20 bits per heavy atom. The van der Waals surface area contributed by atoms with Gasteiger partial charge in [0.15, 0.2) is 17.5 Å². The molecule has 0 atom stereocenters. The molecule has 0 bridgehead atoms. The Morgan fingerprint density at radius 1 is 0.680 bits per heavy atom. The molecule has 0 amide bonds. The molecule has 1 aromatic rings. The fraction of sp³-hybridized carbons (Fsp3) is 0.600. The zero-order valence-electron chi connectivity index (χ0n) is 16.3. The van der Waals surface area contributed by atoms with Crippen molar-refractivity contribution >= 4 is 13.9 Å². The number of benzene rings is 1. The van der Waals surface area contributed by atoms with E-state index in [0.717, 1.165) is 0 Å². The van der Waals surface area contributed by atoms with Crippen LogP contribution in [-0.4, -0.2) is 49.5 Å². The van der Waals surface area contributed by atoms with Gasteiger partial charge in [0.1, 0.15) is 24.7 Å². The number of hydrogen-bond acceptors (Lipinski definition) is 0. The van der Waals surface area contributed by atoms with Crippen LogP contribution in [0.4, 0.5) is 27.6 Å². The SMILES string of the molecule is C[NH+](C)CC[NH+](C)C.C[Si](C)(C)[N-]c1c(F)c(F)c(F)c(F)c1F.[Li+]. The van der Waals surface area contributed by atoms with Crippen molar-refractivity contribution in [3.63, 3.8) is 0 Å².